The van der Waals surface area contributed by atoms with E-state index in [4.69, 9.17) is 26.8 Å². The lowest BCUT2D eigenvalue weighted by Crippen LogP contribution is -2.37. The number of rotatable bonds is 6. The van der Waals surface area contributed by atoms with Crippen molar-refractivity contribution >= 4 is 23.0 Å². The molecule has 0 spiro atoms. The third kappa shape index (κ3) is 2.70. The molecule has 2 aromatic carbocycles. The summed E-state index contributed by atoms with van der Waals surface area (Å²) in [6, 6.07) is 5.04. The van der Waals surface area contributed by atoms with Crippen LogP contribution < -0.4 is 31.4 Å². The van der Waals surface area contributed by atoms with E-state index in [-0.39, 0.29) is 11.4 Å². The number of halogens is 1. The largest absolute Gasteiger partial charge is 0.495 e. The van der Waals surface area contributed by atoms with Gasteiger partial charge in [-0.25, -0.2) is 0 Å². The maximum Gasteiger partial charge on any atom is 0.253 e. The Balaban J connectivity index is 1.83. The van der Waals surface area contributed by atoms with Crippen LogP contribution in [-0.4, -0.2) is 20.3 Å². The van der Waals surface area contributed by atoms with Crippen molar-refractivity contribution < 1.29 is 9.47 Å². The van der Waals surface area contributed by atoms with E-state index < -0.39 is 10.9 Å². The molecule has 0 unspecified atom stereocenters. The highest BCUT2D eigenvalue weighted by molar-refractivity contribution is 6.32. The first-order valence-electron chi connectivity index (χ1n) is 5.83. The molecule has 0 heterocycles. The first-order valence-corrected chi connectivity index (χ1v) is 6.21. The smallest absolute Gasteiger partial charge is 0.253 e. The molecule has 0 aromatic heterocycles. The average Bonchev–Trinajstić information content (AvgIpc) is 2.46. The average molecular weight is 297 g/mol. The number of nitrogens with one attached hydrogen (secondary N) is 1. The van der Waals surface area contributed by atoms with Crippen LogP contribution in [0.4, 0.5) is 11.4 Å². The van der Waals surface area contributed by atoms with Gasteiger partial charge < -0.3 is 20.5 Å². The Morgan fingerprint density at radius 1 is 1.30 bits per heavy atom. The number of benzene rings is 1. The fourth-order valence-electron chi connectivity index (χ4n) is 1.67. The Labute approximate surface area is 119 Å². The quantitative estimate of drug-likeness (QED) is 0.611. The van der Waals surface area contributed by atoms with Crippen molar-refractivity contribution in [1.82, 2.24) is 0 Å². The van der Waals surface area contributed by atoms with Gasteiger partial charge in [-0.3, -0.25) is 9.59 Å². The Bertz CT molecular complexity index is 692. The third-order valence-corrected chi connectivity index (χ3v) is 3.04. The Kier molecular flexibility index (Phi) is 4.14. The molecule has 0 radical (unpaired) electrons. The number of hydrogen-bond donors (Lipinski definition) is 2. The van der Waals surface area contributed by atoms with Crippen LogP contribution in [0, 0.1) is 0 Å². The molecule has 7 heteroatoms. The summed E-state index contributed by atoms with van der Waals surface area (Å²) < 4.78 is 10.5. The van der Waals surface area contributed by atoms with Crippen LogP contribution in [0.15, 0.2) is 27.8 Å². The summed E-state index contributed by atoms with van der Waals surface area (Å²) in [5.41, 5.74) is 4.28. The third-order valence-electron chi connectivity index (χ3n) is 2.74. The molecule has 2 rings (SSSR count). The predicted octanol–water partition coefficient (Wildman–Crippen LogP) is 1.02. The van der Waals surface area contributed by atoms with Crippen LogP contribution in [0.3, 0.4) is 0 Å². The maximum absolute atomic E-state index is 11.1. The SMILES string of the molecule is COc1ccc(OCCNc2c(N)c(=O)c2=O)cc1Cl. The number of hydrogen-bond acceptors (Lipinski definition) is 6. The van der Waals surface area contributed by atoms with Crippen LogP contribution in [-0.2, 0) is 0 Å². The lowest BCUT2D eigenvalue weighted by Gasteiger charge is -2.11. The molecule has 0 aliphatic heterocycles. The predicted molar refractivity (Wildman–Crippen MR) is 77.8 cm³/mol. The lowest BCUT2D eigenvalue weighted by molar-refractivity contribution is 0.332. The second kappa shape index (κ2) is 5.83. The van der Waals surface area contributed by atoms with Crippen LogP contribution in [0.2, 0.25) is 5.02 Å². The summed E-state index contributed by atoms with van der Waals surface area (Å²) in [6.45, 7) is 0.639. The number of methoxy groups -OCH3 is 1. The van der Waals surface area contributed by atoms with Crippen molar-refractivity contribution in [2.45, 2.75) is 0 Å². The zero-order valence-electron chi connectivity index (χ0n) is 10.7. The summed E-state index contributed by atoms with van der Waals surface area (Å²) in [7, 11) is 1.53. The van der Waals surface area contributed by atoms with Crippen molar-refractivity contribution in [2.24, 2.45) is 0 Å². The normalized spacial score (nSPS) is 10.5. The molecule has 106 valence electrons. The number of nitrogens with two attached hydrogens (primary N) is 1. The maximum atomic E-state index is 11.1. The summed E-state index contributed by atoms with van der Waals surface area (Å²) in [5.74, 6) is 1.14. The fraction of sp³-hybridized carbons (Fsp3) is 0.231. The van der Waals surface area contributed by atoms with Gasteiger partial charge in [0.1, 0.15) is 29.5 Å². The van der Waals surface area contributed by atoms with Crippen molar-refractivity contribution in [1.29, 1.82) is 0 Å². The van der Waals surface area contributed by atoms with E-state index in [0.717, 1.165) is 0 Å². The molecular weight excluding hydrogens is 284 g/mol. The van der Waals surface area contributed by atoms with Gasteiger partial charge in [-0.15, -0.1) is 0 Å². The Hall–Kier alpha value is -2.21. The molecule has 0 fully saturated rings. The fourth-order valence-corrected chi connectivity index (χ4v) is 1.91. The van der Waals surface area contributed by atoms with Gasteiger partial charge in [0.2, 0.25) is 0 Å². The monoisotopic (exact) mass is 296 g/mol. The topological polar surface area (TPSA) is 90.7 Å². The minimum absolute atomic E-state index is 0.0255. The van der Waals surface area contributed by atoms with Gasteiger partial charge in [-0.1, -0.05) is 11.6 Å². The van der Waals surface area contributed by atoms with Crippen molar-refractivity contribution in [3.05, 3.63) is 43.7 Å². The van der Waals surface area contributed by atoms with E-state index in [0.29, 0.717) is 29.7 Å². The molecule has 0 atom stereocenters. The number of anilines is 2. The first-order chi connectivity index (χ1) is 9.54. The molecule has 6 nitrogen and oxygen atoms in total. The molecule has 0 saturated heterocycles. The highest BCUT2D eigenvalue weighted by atomic mass is 35.5. The van der Waals surface area contributed by atoms with Gasteiger partial charge in [0.25, 0.3) is 10.9 Å². The van der Waals surface area contributed by atoms with Gasteiger partial charge >= 0.3 is 0 Å². The van der Waals surface area contributed by atoms with Gasteiger partial charge in [0, 0.05) is 12.6 Å². The van der Waals surface area contributed by atoms with E-state index in [2.05, 4.69) is 5.32 Å². The van der Waals surface area contributed by atoms with Crippen molar-refractivity contribution in [3.63, 3.8) is 0 Å². The lowest BCUT2D eigenvalue weighted by atomic mass is 10.2. The highest BCUT2D eigenvalue weighted by Gasteiger charge is 2.16. The Morgan fingerprint density at radius 3 is 2.65 bits per heavy atom. The Morgan fingerprint density at radius 2 is 2.05 bits per heavy atom. The zero-order chi connectivity index (χ0) is 14.7. The van der Waals surface area contributed by atoms with Crippen LogP contribution in [0.25, 0.3) is 0 Å². The van der Waals surface area contributed by atoms with E-state index in [1.165, 1.54) is 7.11 Å². The van der Waals surface area contributed by atoms with Gasteiger partial charge in [-0.2, -0.15) is 0 Å². The highest BCUT2D eigenvalue weighted by Crippen LogP contribution is 2.28. The summed E-state index contributed by atoms with van der Waals surface area (Å²) in [6.07, 6.45) is 0. The van der Waals surface area contributed by atoms with Gasteiger partial charge in [-0.05, 0) is 12.1 Å². The van der Waals surface area contributed by atoms with E-state index in [1.807, 2.05) is 0 Å². The summed E-state index contributed by atoms with van der Waals surface area (Å²) in [5, 5.41) is 3.21. The number of ether oxygens (including phenoxy) is 2. The first kappa shape index (κ1) is 14.2. The molecule has 0 saturated carbocycles. The second-order valence-corrected chi connectivity index (χ2v) is 4.43. The van der Waals surface area contributed by atoms with Crippen LogP contribution in [0.5, 0.6) is 11.5 Å². The molecule has 0 amide bonds. The molecule has 2 aromatic rings. The molecule has 0 aliphatic carbocycles. The molecular formula is C13H13ClN2O4. The minimum atomic E-state index is -0.643. The second-order valence-electron chi connectivity index (χ2n) is 4.02. The number of nitrogen functional groups attached to an aromatic ring is 1. The van der Waals surface area contributed by atoms with Crippen molar-refractivity contribution in [2.75, 3.05) is 31.3 Å². The standard InChI is InChI=1S/C13H13ClN2O4/c1-19-9-3-2-7(6-8(9)14)20-5-4-16-11-10(15)12(17)13(11)18/h2-3,6,16H,4-5,15H2,1H3. The molecule has 0 aliphatic rings. The van der Waals surface area contributed by atoms with Gasteiger partial charge in [0.05, 0.1) is 12.1 Å². The summed E-state index contributed by atoms with van der Waals surface area (Å²) >= 11 is 5.95. The molecule has 0 bridgehead atoms. The van der Waals surface area contributed by atoms with Crippen LogP contribution >= 0.6 is 11.6 Å². The molecule has 20 heavy (non-hydrogen) atoms. The summed E-state index contributed by atoms with van der Waals surface area (Å²) in [4.78, 5) is 22.0. The van der Waals surface area contributed by atoms with E-state index in [9.17, 15) is 9.59 Å². The van der Waals surface area contributed by atoms with Gasteiger partial charge in [0.15, 0.2) is 0 Å². The van der Waals surface area contributed by atoms with Crippen LogP contribution in [0.1, 0.15) is 0 Å². The van der Waals surface area contributed by atoms with Crippen molar-refractivity contribution in [3.8, 4) is 11.5 Å². The van der Waals surface area contributed by atoms with E-state index in [1.54, 1.807) is 18.2 Å². The van der Waals surface area contributed by atoms with E-state index >= 15 is 0 Å². The zero-order valence-corrected chi connectivity index (χ0v) is 11.5. The molecule has 3 N–H and O–H groups in total. The minimum Gasteiger partial charge on any atom is -0.495 e.